The summed E-state index contributed by atoms with van der Waals surface area (Å²) in [5, 5.41) is 1.27. The molecule has 0 saturated heterocycles. The summed E-state index contributed by atoms with van der Waals surface area (Å²) in [4.78, 5) is 4.97. The molecule has 0 bridgehead atoms. The largest absolute Gasteiger partial charge is 0.494 e. The van der Waals surface area contributed by atoms with Gasteiger partial charge in [-0.05, 0) is 48.6 Å². The molecule has 40 heavy (non-hydrogen) atoms. The van der Waals surface area contributed by atoms with Gasteiger partial charge in [-0.1, -0.05) is 147 Å². The molecule has 1 heterocycles. The van der Waals surface area contributed by atoms with Gasteiger partial charge in [0, 0.05) is 6.42 Å². The number of aromatic nitrogens is 1. The highest BCUT2D eigenvalue weighted by Gasteiger charge is 2.15. The fourth-order valence-electron chi connectivity index (χ4n) is 5.74. The number of hydrogen-bond donors (Lipinski definition) is 0. The van der Waals surface area contributed by atoms with E-state index in [2.05, 4.69) is 62.4 Å². The van der Waals surface area contributed by atoms with Crippen molar-refractivity contribution < 1.29 is 4.74 Å². The van der Waals surface area contributed by atoms with Crippen LogP contribution < -0.4 is 4.74 Å². The molecule has 2 aromatic carbocycles. The Morgan fingerprint density at radius 2 is 1.18 bits per heavy atom. The Bertz CT molecular complexity index is 977. The average molecular weight is 564 g/mol. The number of rotatable bonds is 24. The zero-order valence-corrected chi connectivity index (χ0v) is 26.6. The van der Waals surface area contributed by atoms with Gasteiger partial charge in [0.05, 0.1) is 21.8 Å². The van der Waals surface area contributed by atoms with Gasteiger partial charge in [-0.3, -0.25) is 0 Å². The van der Waals surface area contributed by atoms with Crippen molar-refractivity contribution in [3.05, 3.63) is 59.1 Å². The molecule has 0 N–H and O–H groups in total. The minimum atomic E-state index is 0.525. The third-order valence-corrected chi connectivity index (χ3v) is 9.34. The molecule has 0 amide bonds. The van der Waals surface area contributed by atoms with Gasteiger partial charge in [-0.25, -0.2) is 4.98 Å². The predicted molar refractivity (Wildman–Crippen MR) is 177 cm³/mol. The first kappa shape index (κ1) is 32.6. The number of benzene rings is 2. The van der Waals surface area contributed by atoms with Crippen molar-refractivity contribution in [1.82, 2.24) is 4.98 Å². The predicted octanol–water partition coefficient (Wildman–Crippen LogP) is 12.5. The van der Waals surface area contributed by atoms with Gasteiger partial charge in [0.25, 0.3) is 0 Å². The van der Waals surface area contributed by atoms with Crippen LogP contribution >= 0.6 is 11.3 Å². The van der Waals surface area contributed by atoms with Gasteiger partial charge >= 0.3 is 0 Å². The molecule has 1 unspecified atom stereocenters. The fraction of sp³-hybridized carbons (Fsp3) is 0.649. The van der Waals surface area contributed by atoms with E-state index < -0.39 is 0 Å². The SMILES string of the molecule is CCCCCCCCCCCCOc1ccc(C(CCCCCCCCCC)Cc2nc3ccccc3s2)cc1. The van der Waals surface area contributed by atoms with Crippen molar-refractivity contribution in [3.63, 3.8) is 0 Å². The molecule has 1 atom stereocenters. The lowest BCUT2D eigenvalue weighted by molar-refractivity contribution is 0.304. The topological polar surface area (TPSA) is 22.1 Å². The van der Waals surface area contributed by atoms with Crippen molar-refractivity contribution in [1.29, 1.82) is 0 Å². The molecule has 3 rings (SSSR count). The van der Waals surface area contributed by atoms with E-state index in [-0.39, 0.29) is 0 Å². The van der Waals surface area contributed by atoms with E-state index in [0.29, 0.717) is 5.92 Å². The summed E-state index contributed by atoms with van der Waals surface area (Å²) in [6, 6.07) is 17.6. The van der Waals surface area contributed by atoms with Gasteiger partial charge < -0.3 is 4.74 Å². The second kappa shape index (κ2) is 20.9. The zero-order chi connectivity index (χ0) is 28.1. The number of fused-ring (bicyclic) bond motifs is 1. The first-order valence-electron chi connectivity index (χ1n) is 16.9. The van der Waals surface area contributed by atoms with E-state index >= 15 is 0 Å². The molecule has 2 nitrogen and oxygen atoms in total. The molecule has 0 aliphatic rings. The van der Waals surface area contributed by atoms with Crippen LogP contribution in [0.25, 0.3) is 10.2 Å². The van der Waals surface area contributed by atoms with Crippen LogP contribution in [0.3, 0.4) is 0 Å². The first-order chi connectivity index (χ1) is 19.8. The van der Waals surface area contributed by atoms with Crippen molar-refractivity contribution in [3.8, 4) is 5.75 Å². The lowest BCUT2D eigenvalue weighted by atomic mass is 9.90. The van der Waals surface area contributed by atoms with Crippen molar-refractivity contribution in [2.24, 2.45) is 0 Å². The number of thiazole rings is 1. The molecular weight excluding hydrogens is 506 g/mol. The summed E-state index contributed by atoms with van der Waals surface area (Å²) in [6.07, 6.45) is 26.8. The molecular formula is C37H57NOS. The third-order valence-electron chi connectivity index (χ3n) is 8.28. The molecule has 222 valence electrons. The second-order valence-corrected chi connectivity index (χ2v) is 13.0. The standard InChI is InChI=1S/C37H57NOS/c1-3-5-7-9-11-13-14-16-18-22-30-39-34-28-26-32(27-29-34)33(23-19-17-15-12-10-8-6-4-2)31-37-38-35-24-20-21-25-36(35)40-37/h20-21,24-29,33H,3-19,22-23,30-31H2,1-2H3. The lowest BCUT2D eigenvalue weighted by Gasteiger charge is -2.17. The highest BCUT2D eigenvalue weighted by molar-refractivity contribution is 7.18. The zero-order valence-electron chi connectivity index (χ0n) is 25.8. The smallest absolute Gasteiger partial charge is 0.119 e. The molecule has 0 saturated carbocycles. The van der Waals surface area contributed by atoms with Crippen LogP contribution in [-0.2, 0) is 6.42 Å². The number of ether oxygens (including phenoxy) is 1. The maximum atomic E-state index is 6.11. The fourth-order valence-corrected chi connectivity index (χ4v) is 6.79. The molecule has 3 aromatic rings. The van der Waals surface area contributed by atoms with Crippen LogP contribution in [0.4, 0.5) is 0 Å². The van der Waals surface area contributed by atoms with E-state index in [9.17, 15) is 0 Å². The van der Waals surface area contributed by atoms with Crippen LogP contribution in [0.15, 0.2) is 48.5 Å². The Morgan fingerprint density at radius 3 is 1.77 bits per heavy atom. The Labute approximate surface area is 250 Å². The average Bonchev–Trinajstić information content (AvgIpc) is 3.39. The summed E-state index contributed by atoms with van der Waals surface area (Å²) >= 11 is 1.87. The van der Waals surface area contributed by atoms with E-state index in [0.717, 1.165) is 30.7 Å². The number of unbranched alkanes of at least 4 members (excludes halogenated alkanes) is 16. The molecule has 0 fully saturated rings. The van der Waals surface area contributed by atoms with Crippen LogP contribution in [0.2, 0.25) is 0 Å². The summed E-state index contributed by atoms with van der Waals surface area (Å²) in [5.41, 5.74) is 2.58. The molecule has 3 heteroatoms. The van der Waals surface area contributed by atoms with Crippen molar-refractivity contribution >= 4 is 21.6 Å². The van der Waals surface area contributed by atoms with Crippen LogP contribution in [0.5, 0.6) is 5.75 Å². The Morgan fingerprint density at radius 1 is 0.625 bits per heavy atom. The Kier molecular flexibility index (Phi) is 17.1. The molecule has 0 spiro atoms. The minimum Gasteiger partial charge on any atom is -0.494 e. The molecule has 1 aromatic heterocycles. The first-order valence-corrected chi connectivity index (χ1v) is 17.7. The number of hydrogen-bond acceptors (Lipinski definition) is 3. The summed E-state index contributed by atoms with van der Waals surface area (Å²) in [7, 11) is 0. The summed E-state index contributed by atoms with van der Waals surface area (Å²) in [6.45, 7) is 5.42. The highest BCUT2D eigenvalue weighted by Crippen LogP contribution is 2.32. The van der Waals surface area contributed by atoms with Gasteiger partial charge in [0.15, 0.2) is 0 Å². The van der Waals surface area contributed by atoms with Crippen LogP contribution in [0, 0.1) is 0 Å². The van der Waals surface area contributed by atoms with Crippen LogP contribution in [0.1, 0.15) is 152 Å². The minimum absolute atomic E-state index is 0.525. The Hall–Kier alpha value is -1.87. The monoisotopic (exact) mass is 563 g/mol. The molecule has 0 aliphatic carbocycles. The van der Waals surface area contributed by atoms with Gasteiger partial charge in [0.1, 0.15) is 5.75 Å². The summed E-state index contributed by atoms with van der Waals surface area (Å²) < 4.78 is 7.42. The molecule has 0 radical (unpaired) electrons. The second-order valence-electron chi connectivity index (χ2n) is 11.8. The highest BCUT2D eigenvalue weighted by atomic mass is 32.1. The van der Waals surface area contributed by atoms with Gasteiger partial charge in [-0.15, -0.1) is 11.3 Å². The van der Waals surface area contributed by atoms with E-state index in [1.165, 1.54) is 131 Å². The summed E-state index contributed by atoms with van der Waals surface area (Å²) in [5.74, 6) is 1.54. The maximum absolute atomic E-state index is 6.11. The van der Waals surface area contributed by atoms with E-state index in [1.807, 2.05) is 11.3 Å². The quantitative estimate of drug-likeness (QED) is 0.101. The maximum Gasteiger partial charge on any atom is 0.119 e. The van der Waals surface area contributed by atoms with E-state index in [1.54, 1.807) is 0 Å². The van der Waals surface area contributed by atoms with Gasteiger partial charge in [0.2, 0.25) is 0 Å². The van der Waals surface area contributed by atoms with Crippen LogP contribution in [-0.4, -0.2) is 11.6 Å². The normalized spacial score (nSPS) is 12.2. The van der Waals surface area contributed by atoms with Crippen molar-refractivity contribution in [2.75, 3.05) is 6.61 Å². The lowest BCUT2D eigenvalue weighted by Crippen LogP contribution is -2.04. The third kappa shape index (κ3) is 13.2. The van der Waals surface area contributed by atoms with Crippen molar-refractivity contribution in [2.45, 2.75) is 148 Å². The Balaban J connectivity index is 1.41. The van der Waals surface area contributed by atoms with E-state index in [4.69, 9.17) is 9.72 Å². The molecule has 0 aliphatic heterocycles. The number of para-hydroxylation sites is 1. The van der Waals surface area contributed by atoms with Gasteiger partial charge in [-0.2, -0.15) is 0 Å². The number of nitrogens with zero attached hydrogens (tertiary/aromatic N) is 1.